The lowest BCUT2D eigenvalue weighted by molar-refractivity contribution is -0.684. The minimum absolute atomic E-state index is 0. The predicted octanol–water partition coefficient (Wildman–Crippen LogP) is 2.95. The third kappa shape index (κ3) is 10.1. The van der Waals surface area contributed by atoms with Crippen LogP contribution in [0.1, 0.15) is 50.0 Å². The van der Waals surface area contributed by atoms with Crippen LogP contribution in [0.3, 0.4) is 0 Å². The molecule has 60 heavy (non-hydrogen) atoms. The van der Waals surface area contributed by atoms with Gasteiger partial charge in [-0.1, -0.05) is 60.7 Å². The molecule has 2 saturated heterocycles. The van der Waals surface area contributed by atoms with Crippen LogP contribution < -0.4 is 32.2 Å². The molecule has 0 saturated carbocycles. The van der Waals surface area contributed by atoms with Gasteiger partial charge in [0.05, 0.1) is 0 Å². The number of hydrogen-bond acceptors (Lipinski definition) is 8. The maximum absolute atomic E-state index is 14.4. The van der Waals surface area contributed by atoms with Gasteiger partial charge in [-0.3, -0.25) is 19.3 Å². The van der Waals surface area contributed by atoms with Gasteiger partial charge in [0.1, 0.15) is 22.7 Å². The first kappa shape index (κ1) is 43.7. The van der Waals surface area contributed by atoms with Crippen molar-refractivity contribution in [3.8, 4) is 0 Å². The average Bonchev–Trinajstić information content (AvgIpc) is 3.55. The Kier molecular flexibility index (Phi) is 13.5. The number of alkyl carbamates (subject to hydrolysis) is 1. The molecule has 312 valence electrons. The number of hydrogen-bond donors (Lipinski definition) is 2. The molecular weight excluding hydrogens is 860 g/mol. The second-order valence-corrected chi connectivity index (χ2v) is 16.3. The molecule has 0 unspecified atom stereocenters. The van der Waals surface area contributed by atoms with Gasteiger partial charge in [-0.2, -0.15) is 4.57 Å². The minimum Gasteiger partial charge on any atom is -1.00 e. The molecule has 16 heteroatoms. The van der Waals surface area contributed by atoms with E-state index < -0.39 is 58.6 Å². The van der Waals surface area contributed by atoms with E-state index in [0.717, 1.165) is 28.8 Å². The Morgan fingerprint density at radius 3 is 2.20 bits per heavy atom. The SMILES string of the molecule is CC(C)(C)OC(=O)N[C@@H]1C(=O)N2C(C(=O)OC(c3ccccc3)c3ccccc3)=C(/C=C3\CCN(Cc4cc[n+](CC(=O)Nc5ccc(F)c(F)c5)cc4)C3=O)CS[C@H]12.[Br-]. The van der Waals surface area contributed by atoms with E-state index in [0.29, 0.717) is 24.1 Å². The Morgan fingerprint density at radius 1 is 0.933 bits per heavy atom. The number of pyridine rings is 1. The molecule has 12 nitrogen and oxygen atoms in total. The highest BCUT2D eigenvalue weighted by atomic mass is 79.9. The highest BCUT2D eigenvalue weighted by molar-refractivity contribution is 8.00. The lowest BCUT2D eigenvalue weighted by Crippen LogP contribution is -3.00. The molecule has 2 atom stereocenters. The zero-order valence-corrected chi connectivity index (χ0v) is 35.3. The van der Waals surface area contributed by atoms with Gasteiger partial charge in [-0.15, -0.1) is 11.8 Å². The van der Waals surface area contributed by atoms with Crippen LogP contribution in [0.5, 0.6) is 0 Å². The number of nitrogens with zero attached hydrogens (tertiary/aromatic N) is 3. The summed E-state index contributed by atoms with van der Waals surface area (Å²) in [5.74, 6) is -3.74. The van der Waals surface area contributed by atoms with E-state index in [9.17, 15) is 32.8 Å². The molecule has 3 aliphatic heterocycles. The van der Waals surface area contributed by atoms with Crippen molar-refractivity contribution in [2.75, 3.05) is 17.6 Å². The number of β-lactam (4-membered cyclic amide) rings is 1. The van der Waals surface area contributed by atoms with Crippen molar-refractivity contribution < 1.29 is 63.8 Å². The summed E-state index contributed by atoms with van der Waals surface area (Å²) in [6, 6.07) is 24.3. The molecule has 4 amide bonds. The van der Waals surface area contributed by atoms with Gasteiger partial charge in [-0.25, -0.2) is 18.4 Å². The number of nitrogens with one attached hydrogen (secondary N) is 2. The van der Waals surface area contributed by atoms with E-state index >= 15 is 0 Å². The standard InChI is InChI=1S/C44H41F2N5O7S.BrH/c1-44(2,3)58-43(56)48-36-40(54)51-37(42(55)57-38(28-10-6-4-7-11-28)29-12-8-5-9-13-29)31(26-59-41(36)51)22-30-18-21-50(39(30)53)24-27-16-19-49(20-17-27)25-35(52)47-32-14-15-33(45)34(46)23-32;/h4-17,19-20,22-23,36,38,41H,18,21,24-26H2,1-3H3,(H-,47,48,52,56);1H/b30-22+;/t36-,41-;/m1./s1. The van der Waals surface area contributed by atoms with Crippen LogP contribution in [0, 0.1) is 11.6 Å². The quantitative estimate of drug-likeness (QED) is 0.102. The summed E-state index contributed by atoms with van der Waals surface area (Å²) in [4.78, 5) is 70.2. The molecule has 2 N–H and O–H groups in total. The topological polar surface area (TPSA) is 138 Å². The molecule has 0 bridgehead atoms. The zero-order valence-electron chi connectivity index (χ0n) is 32.9. The van der Waals surface area contributed by atoms with Gasteiger partial charge >= 0.3 is 12.1 Å². The Morgan fingerprint density at radius 2 is 1.58 bits per heavy atom. The second kappa shape index (κ2) is 18.6. The molecule has 0 radical (unpaired) electrons. The second-order valence-electron chi connectivity index (χ2n) is 15.2. The summed E-state index contributed by atoms with van der Waals surface area (Å²) >= 11 is 1.36. The zero-order chi connectivity index (χ0) is 41.8. The summed E-state index contributed by atoms with van der Waals surface area (Å²) in [6.45, 7) is 5.77. The van der Waals surface area contributed by atoms with Crippen LogP contribution in [0.15, 0.2) is 126 Å². The Balaban J connectivity index is 0.00000604. The molecule has 0 spiro atoms. The van der Waals surface area contributed by atoms with Crippen molar-refractivity contribution in [1.29, 1.82) is 0 Å². The van der Waals surface area contributed by atoms with Gasteiger partial charge in [0.15, 0.2) is 30.1 Å². The van der Waals surface area contributed by atoms with Crippen molar-refractivity contribution in [3.63, 3.8) is 0 Å². The van der Waals surface area contributed by atoms with Gasteiger partial charge in [0.25, 0.3) is 11.8 Å². The fourth-order valence-corrected chi connectivity index (χ4v) is 8.25. The maximum atomic E-state index is 14.4. The molecule has 1 aromatic heterocycles. The molecule has 4 heterocycles. The first-order valence-electron chi connectivity index (χ1n) is 18.9. The number of aromatic nitrogens is 1. The molecule has 3 aliphatic rings. The summed E-state index contributed by atoms with van der Waals surface area (Å²) in [5.41, 5.74) is 2.53. The minimum atomic E-state index is -1.06. The number of thioether (sulfide) groups is 1. The van der Waals surface area contributed by atoms with E-state index in [1.807, 2.05) is 60.7 Å². The van der Waals surface area contributed by atoms with Gasteiger partial charge in [-0.05, 0) is 67.7 Å². The van der Waals surface area contributed by atoms with Crippen molar-refractivity contribution in [2.45, 2.75) is 63.4 Å². The molecule has 7 rings (SSSR count). The van der Waals surface area contributed by atoms with E-state index in [1.54, 1.807) is 60.8 Å². The van der Waals surface area contributed by atoms with E-state index in [1.165, 1.54) is 22.7 Å². The maximum Gasteiger partial charge on any atom is 0.408 e. The highest BCUT2D eigenvalue weighted by Gasteiger charge is 2.55. The third-order valence-corrected chi connectivity index (χ3v) is 11.0. The van der Waals surface area contributed by atoms with Crippen LogP contribution in [0.2, 0.25) is 0 Å². The number of amides is 4. The van der Waals surface area contributed by atoms with E-state index in [-0.39, 0.29) is 53.1 Å². The summed E-state index contributed by atoms with van der Waals surface area (Å²) in [5, 5.41) is 4.58. The normalized spacial score (nSPS) is 18.1. The first-order valence-corrected chi connectivity index (χ1v) is 20.0. The first-order chi connectivity index (χ1) is 28.2. The van der Waals surface area contributed by atoms with Crippen LogP contribution >= 0.6 is 11.8 Å². The Hall–Kier alpha value is -5.87. The third-order valence-electron chi connectivity index (χ3n) is 9.72. The monoisotopic (exact) mass is 901 g/mol. The predicted molar refractivity (Wildman–Crippen MR) is 214 cm³/mol. The summed E-state index contributed by atoms with van der Waals surface area (Å²) < 4.78 is 40.1. The number of rotatable bonds is 11. The fraction of sp³-hybridized carbons (Fsp3) is 0.273. The number of allylic oxidation sites excluding steroid dienone is 1. The van der Waals surface area contributed by atoms with E-state index in [2.05, 4.69) is 10.6 Å². The number of carbonyl (C=O) groups excluding carboxylic acids is 5. The van der Waals surface area contributed by atoms with Crippen LogP contribution in [-0.2, 0) is 41.7 Å². The summed E-state index contributed by atoms with van der Waals surface area (Å²) in [7, 11) is 0. The number of anilines is 1. The molecule has 4 aromatic rings. The average molecular weight is 903 g/mol. The largest absolute Gasteiger partial charge is 1.00 e. The van der Waals surface area contributed by atoms with Crippen LogP contribution in [-0.4, -0.2) is 68.9 Å². The molecule has 3 aromatic carbocycles. The smallest absolute Gasteiger partial charge is 0.408 e. The Labute approximate surface area is 360 Å². The van der Waals surface area contributed by atoms with Gasteiger partial charge in [0.2, 0.25) is 12.5 Å². The Bertz CT molecular complexity index is 2300. The van der Waals surface area contributed by atoms with Crippen molar-refractivity contribution in [3.05, 3.63) is 155 Å². The molecule has 2 fully saturated rings. The fourth-order valence-electron chi connectivity index (χ4n) is 6.95. The number of likely N-dealkylation sites (tertiary alicyclic amines) is 1. The van der Waals surface area contributed by atoms with Gasteiger partial charge < -0.3 is 42.0 Å². The number of fused-ring (bicyclic) bond motifs is 1. The highest BCUT2D eigenvalue weighted by Crippen LogP contribution is 2.43. The van der Waals surface area contributed by atoms with Crippen molar-refractivity contribution in [2.24, 2.45) is 0 Å². The van der Waals surface area contributed by atoms with E-state index in [4.69, 9.17) is 9.47 Å². The van der Waals surface area contributed by atoms with Crippen LogP contribution in [0.25, 0.3) is 0 Å². The number of carbonyl (C=O) groups is 5. The number of esters is 1. The number of ether oxygens (including phenoxy) is 2. The number of benzene rings is 3. The summed E-state index contributed by atoms with van der Waals surface area (Å²) in [6.07, 6.45) is 3.89. The van der Waals surface area contributed by atoms with Crippen molar-refractivity contribution in [1.82, 2.24) is 15.1 Å². The van der Waals surface area contributed by atoms with Gasteiger partial charge in [0, 0.05) is 48.3 Å². The number of halogens is 3. The van der Waals surface area contributed by atoms with Crippen LogP contribution in [0.4, 0.5) is 19.3 Å². The van der Waals surface area contributed by atoms with Crippen molar-refractivity contribution >= 4 is 47.2 Å². The lowest BCUT2D eigenvalue weighted by Gasteiger charge is -2.49. The molecule has 0 aliphatic carbocycles. The lowest BCUT2D eigenvalue weighted by atomic mass is 10.00. The molecular formula is C44H42BrF2N5O7S.